The number of fused-ring (bicyclic) bond motifs is 1. The summed E-state index contributed by atoms with van der Waals surface area (Å²) in [5.74, 6) is -1.02. The van der Waals surface area contributed by atoms with E-state index in [1.807, 2.05) is 25.2 Å². The van der Waals surface area contributed by atoms with Crippen LogP contribution < -0.4 is 16.3 Å². The molecule has 3 heterocycles. The molecular weight excluding hydrogens is 448 g/mol. The summed E-state index contributed by atoms with van der Waals surface area (Å²) >= 11 is 0. The minimum atomic E-state index is -0.686. The Morgan fingerprint density at radius 1 is 1.03 bits per heavy atom. The first-order chi connectivity index (χ1) is 16.9. The van der Waals surface area contributed by atoms with Crippen molar-refractivity contribution in [3.05, 3.63) is 34.2 Å². The highest BCUT2D eigenvalue weighted by Crippen LogP contribution is 2.27. The molecule has 1 aliphatic carbocycles. The SMILES string of the molecule is CNC1CC(OCCN2CCN(Cc3cccc4c3[nH]c(=O)n4C3CC(C)C(=O)NC3=O)CC2)C1. The first kappa shape index (κ1) is 24.2. The van der Waals surface area contributed by atoms with Crippen molar-refractivity contribution in [2.75, 3.05) is 46.4 Å². The van der Waals surface area contributed by atoms with Gasteiger partial charge in [-0.25, -0.2) is 4.79 Å². The molecule has 35 heavy (non-hydrogen) atoms. The standard InChI is InChI=1S/C25H36N6O4/c1-16-12-21(24(33)28-23(16)32)31-20-5-3-4-17(22(20)27-25(31)34)15-30-8-6-29(7-9-30)10-11-35-19-13-18(14-19)26-2/h3-5,16,18-19,21,26H,6-15H2,1-2H3,(H,27,34)(H,28,32,33). The van der Waals surface area contributed by atoms with Crippen LogP contribution in [-0.2, 0) is 20.9 Å². The van der Waals surface area contributed by atoms with E-state index in [9.17, 15) is 14.4 Å². The topological polar surface area (TPSA) is 112 Å². The minimum absolute atomic E-state index is 0.281. The largest absolute Gasteiger partial charge is 0.377 e. The molecule has 0 radical (unpaired) electrons. The van der Waals surface area contributed by atoms with Gasteiger partial charge in [0.25, 0.3) is 0 Å². The van der Waals surface area contributed by atoms with Crippen molar-refractivity contribution in [1.82, 2.24) is 30.0 Å². The fraction of sp³-hybridized carbons (Fsp3) is 0.640. The van der Waals surface area contributed by atoms with Crippen LogP contribution in [0.1, 0.15) is 37.8 Å². The lowest BCUT2D eigenvalue weighted by Crippen LogP contribution is -2.48. The number of para-hydroxylation sites is 1. The average Bonchev–Trinajstić information content (AvgIpc) is 3.15. The maximum Gasteiger partial charge on any atom is 0.327 e. The Bertz CT molecular complexity index is 1130. The first-order valence-corrected chi connectivity index (χ1v) is 12.7. The molecule has 2 unspecified atom stereocenters. The Balaban J connectivity index is 1.18. The Hall–Kier alpha value is -2.53. The number of aromatic amines is 1. The van der Waals surface area contributed by atoms with Crippen LogP contribution in [0.3, 0.4) is 0 Å². The quantitative estimate of drug-likeness (QED) is 0.466. The summed E-state index contributed by atoms with van der Waals surface area (Å²) in [5, 5.41) is 5.69. The van der Waals surface area contributed by atoms with E-state index >= 15 is 0 Å². The number of benzene rings is 1. The zero-order valence-corrected chi connectivity index (χ0v) is 20.6. The van der Waals surface area contributed by atoms with Crippen LogP contribution in [0.2, 0.25) is 0 Å². The fourth-order valence-corrected chi connectivity index (χ4v) is 5.45. The van der Waals surface area contributed by atoms with Crippen molar-refractivity contribution in [1.29, 1.82) is 0 Å². The highest BCUT2D eigenvalue weighted by molar-refractivity contribution is 6.01. The highest BCUT2D eigenvalue weighted by atomic mass is 16.5. The molecule has 3 N–H and O–H groups in total. The Kier molecular flexibility index (Phi) is 7.06. The van der Waals surface area contributed by atoms with Crippen molar-refractivity contribution >= 4 is 22.8 Å². The van der Waals surface area contributed by atoms with Crippen LogP contribution in [0, 0.1) is 5.92 Å². The molecule has 10 nitrogen and oxygen atoms in total. The van der Waals surface area contributed by atoms with Gasteiger partial charge in [0.1, 0.15) is 6.04 Å². The van der Waals surface area contributed by atoms with Crippen LogP contribution >= 0.6 is 0 Å². The summed E-state index contributed by atoms with van der Waals surface area (Å²) in [7, 11) is 2.01. The Labute approximate surface area is 205 Å². The molecule has 10 heteroatoms. The normalized spacial score (nSPS) is 28.3. The van der Waals surface area contributed by atoms with Gasteiger partial charge in [0.2, 0.25) is 11.8 Å². The molecule has 190 valence electrons. The minimum Gasteiger partial charge on any atom is -0.377 e. The summed E-state index contributed by atoms with van der Waals surface area (Å²) in [5.41, 5.74) is 2.21. The van der Waals surface area contributed by atoms with Gasteiger partial charge in [0, 0.05) is 51.2 Å². The lowest BCUT2D eigenvalue weighted by atomic mass is 9.89. The molecule has 2 amide bonds. The molecule has 0 bridgehead atoms. The number of carbonyl (C=O) groups excluding carboxylic acids is 2. The average molecular weight is 485 g/mol. The van der Waals surface area contributed by atoms with Gasteiger partial charge in [0.15, 0.2) is 0 Å². The number of piperazine rings is 1. The van der Waals surface area contributed by atoms with Gasteiger partial charge in [-0.15, -0.1) is 0 Å². The first-order valence-electron chi connectivity index (χ1n) is 12.7. The summed E-state index contributed by atoms with van der Waals surface area (Å²) < 4.78 is 7.50. The van der Waals surface area contributed by atoms with E-state index in [2.05, 4.69) is 25.4 Å². The highest BCUT2D eigenvalue weighted by Gasteiger charge is 2.35. The van der Waals surface area contributed by atoms with Gasteiger partial charge in [0.05, 0.1) is 23.7 Å². The van der Waals surface area contributed by atoms with Crippen LogP contribution in [0.25, 0.3) is 11.0 Å². The van der Waals surface area contributed by atoms with Gasteiger partial charge in [-0.2, -0.15) is 0 Å². The molecular formula is C25H36N6O4. The molecule has 1 saturated carbocycles. The molecule has 2 saturated heterocycles. The number of carbonyl (C=O) groups is 2. The van der Waals surface area contributed by atoms with Crippen molar-refractivity contribution in [3.8, 4) is 0 Å². The van der Waals surface area contributed by atoms with E-state index < -0.39 is 11.9 Å². The third-order valence-corrected chi connectivity index (χ3v) is 7.85. The molecule has 0 spiro atoms. The van der Waals surface area contributed by atoms with Gasteiger partial charge in [-0.3, -0.25) is 29.3 Å². The third kappa shape index (κ3) is 5.06. The predicted molar refractivity (Wildman–Crippen MR) is 132 cm³/mol. The summed E-state index contributed by atoms with van der Waals surface area (Å²) in [6.45, 7) is 8.16. The van der Waals surface area contributed by atoms with Gasteiger partial charge in [-0.1, -0.05) is 19.1 Å². The summed E-state index contributed by atoms with van der Waals surface area (Å²) in [6.07, 6.45) is 2.96. The number of piperidine rings is 1. The second-order valence-electron chi connectivity index (χ2n) is 10.2. The van der Waals surface area contributed by atoms with Crippen molar-refractivity contribution in [2.45, 2.75) is 50.9 Å². The molecule has 5 rings (SSSR count). The number of imide groups is 1. The molecule has 3 aliphatic rings. The molecule has 2 aliphatic heterocycles. The number of H-pyrrole nitrogens is 1. The number of nitrogens with one attached hydrogen (secondary N) is 3. The molecule has 1 aromatic heterocycles. The van der Waals surface area contributed by atoms with Crippen LogP contribution in [-0.4, -0.2) is 89.7 Å². The maximum atomic E-state index is 12.9. The Morgan fingerprint density at radius 3 is 2.51 bits per heavy atom. The molecule has 1 aromatic carbocycles. The van der Waals surface area contributed by atoms with E-state index in [-0.39, 0.29) is 17.5 Å². The number of nitrogens with zero attached hydrogens (tertiary/aromatic N) is 3. The van der Waals surface area contributed by atoms with E-state index in [4.69, 9.17) is 4.74 Å². The molecule has 2 atom stereocenters. The number of imidazole rings is 1. The fourth-order valence-electron chi connectivity index (χ4n) is 5.45. The number of aromatic nitrogens is 2. The van der Waals surface area contributed by atoms with E-state index in [0.717, 1.165) is 69.8 Å². The van der Waals surface area contributed by atoms with Crippen LogP contribution in [0.15, 0.2) is 23.0 Å². The van der Waals surface area contributed by atoms with Crippen molar-refractivity contribution in [2.24, 2.45) is 5.92 Å². The lowest BCUT2D eigenvalue weighted by molar-refractivity contribution is -0.138. The van der Waals surface area contributed by atoms with Gasteiger partial charge >= 0.3 is 5.69 Å². The number of rotatable bonds is 8. The van der Waals surface area contributed by atoms with E-state index in [0.29, 0.717) is 24.1 Å². The predicted octanol–water partition coefficient (Wildman–Crippen LogP) is 0.438. The second kappa shape index (κ2) is 10.2. The molecule has 2 aromatic rings. The maximum absolute atomic E-state index is 12.9. The van der Waals surface area contributed by atoms with Crippen molar-refractivity contribution in [3.63, 3.8) is 0 Å². The Morgan fingerprint density at radius 2 is 1.77 bits per heavy atom. The number of hydrogen-bond acceptors (Lipinski definition) is 7. The van der Waals surface area contributed by atoms with E-state index in [1.54, 1.807) is 6.92 Å². The zero-order chi connectivity index (χ0) is 24.5. The van der Waals surface area contributed by atoms with E-state index in [1.165, 1.54) is 4.57 Å². The van der Waals surface area contributed by atoms with Crippen molar-refractivity contribution < 1.29 is 14.3 Å². The van der Waals surface area contributed by atoms with Gasteiger partial charge < -0.3 is 15.0 Å². The number of amides is 2. The number of hydrogen-bond donors (Lipinski definition) is 3. The van der Waals surface area contributed by atoms with Gasteiger partial charge in [-0.05, 0) is 37.9 Å². The summed E-state index contributed by atoms with van der Waals surface area (Å²) in [4.78, 5) is 45.1. The third-order valence-electron chi connectivity index (χ3n) is 7.85. The zero-order valence-electron chi connectivity index (χ0n) is 20.6. The second-order valence-corrected chi connectivity index (χ2v) is 10.2. The lowest BCUT2D eigenvalue weighted by Gasteiger charge is -2.37. The van der Waals surface area contributed by atoms with Crippen LogP contribution in [0.5, 0.6) is 0 Å². The monoisotopic (exact) mass is 484 g/mol. The molecule has 3 fully saturated rings. The number of ether oxygens (including phenoxy) is 1. The van der Waals surface area contributed by atoms with Crippen LogP contribution in [0.4, 0.5) is 0 Å². The smallest absolute Gasteiger partial charge is 0.327 e. The summed E-state index contributed by atoms with van der Waals surface area (Å²) in [6, 6.07) is 5.77.